The Morgan fingerprint density at radius 3 is 1.62 bits per heavy atom. The van der Waals surface area contributed by atoms with Gasteiger partial charge in [0.05, 0.1) is 32.0 Å². The summed E-state index contributed by atoms with van der Waals surface area (Å²) < 4.78 is 16.6. The number of aliphatic hydroxyl groups is 5. The van der Waals surface area contributed by atoms with Gasteiger partial charge in [-0.1, -0.05) is 178 Å². The normalized spacial score (nSPS) is 20.1. The van der Waals surface area contributed by atoms with Crippen molar-refractivity contribution in [2.45, 2.75) is 262 Å². The van der Waals surface area contributed by atoms with Gasteiger partial charge in [0.2, 0.25) is 5.91 Å². The average molecular weight is 920 g/mol. The number of hydrogen-bond donors (Lipinski definition) is 6. The molecule has 0 radical (unpaired) electrons. The predicted octanol–water partition coefficient (Wildman–Crippen LogP) is 10.9. The van der Waals surface area contributed by atoms with Crippen molar-refractivity contribution >= 4 is 11.9 Å². The molecule has 65 heavy (non-hydrogen) atoms. The molecule has 1 amide bonds. The molecule has 0 saturated carbocycles. The van der Waals surface area contributed by atoms with Crippen molar-refractivity contribution in [1.29, 1.82) is 0 Å². The summed E-state index contributed by atoms with van der Waals surface area (Å²) in [5.41, 5.74) is 0. The molecule has 0 aliphatic carbocycles. The first-order valence-electron chi connectivity index (χ1n) is 26.4. The third-order valence-corrected chi connectivity index (χ3v) is 12.2. The van der Waals surface area contributed by atoms with Crippen LogP contribution in [0.3, 0.4) is 0 Å². The van der Waals surface area contributed by atoms with E-state index in [1.807, 2.05) is 19.1 Å². The molecule has 0 aromatic rings. The van der Waals surface area contributed by atoms with Crippen LogP contribution in [0.25, 0.3) is 0 Å². The number of nitrogens with one attached hydrogen (secondary N) is 1. The Kier molecular flexibility index (Phi) is 41.2. The van der Waals surface area contributed by atoms with Gasteiger partial charge >= 0.3 is 5.97 Å². The number of hydrogen-bond acceptors (Lipinski definition) is 10. The van der Waals surface area contributed by atoms with E-state index in [4.69, 9.17) is 14.2 Å². The fourth-order valence-electron chi connectivity index (χ4n) is 8.00. The molecule has 11 heteroatoms. The second kappa shape index (κ2) is 44.1. The largest absolute Gasteiger partial charge is 0.466 e. The minimum absolute atomic E-state index is 0.0213. The fourth-order valence-corrected chi connectivity index (χ4v) is 8.00. The van der Waals surface area contributed by atoms with Crippen LogP contribution in [-0.2, 0) is 23.8 Å². The lowest BCUT2D eigenvalue weighted by molar-refractivity contribution is -0.302. The third-order valence-electron chi connectivity index (χ3n) is 12.2. The molecular weight excluding hydrogens is 823 g/mol. The molecule has 1 aliphatic heterocycles. The highest BCUT2D eigenvalue weighted by Gasteiger charge is 2.44. The molecular formula is C54H97NO10. The van der Waals surface area contributed by atoms with Gasteiger partial charge < -0.3 is 45.1 Å². The van der Waals surface area contributed by atoms with Gasteiger partial charge in [-0.05, 0) is 77.6 Å². The molecule has 378 valence electrons. The van der Waals surface area contributed by atoms with Gasteiger partial charge in [-0.3, -0.25) is 9.59 Å². The standard InChI is InChI=1S/C54H97NO10/c1-3-5-7-9-11-13-21-26-30-34-38-42-50(59)63-43-39-35-31-27-23-20-18-16-14-15-17-19-22-25-29-33-37-41-49(58)55-46(47(57)40-36-32-28-24-12-10-8-6-4-2)45-64-54-53(62)52(61)51(60)48(44-56)65-54/h4,6,12,14,16,24,36,40,46-48,51-54,56-57,60-62H,3,5,7-11,13,15,17-23,25-35,37-39,41-45H2,1-2H3,(H,55,58)/b6-4+,16-14-,24-12+,40-36+. The van der Waals surface area contributed by atoms with Crippen molar-refractivity contribution in [2.75, 3.05) is 19.8 Å². The Bertz CT molecular complexity index is 1220. The Morgan fingerprint density at radius 2 is 1.06 bits per heavy atom. The lowest BCUT2D eigenvalue weighted by Gasteiger charge is -2.40. The van der Waals surface area contributed by atoms with Crippen molar-refractivity contribution in [3.05, 3.63) is 48.6 Å². The second-order valence-corrected chi connectivity index (χ2v) is 18.2. The predicted molar refractivity (Wildman–Crippen MR) is 264 cm³/mol. The van der Waals surface area contributed by atoms with Crippen LogP contribution in [0.4, 0.5) is 0 Å². The Hall–Kier alpha value is -2.38. The van der Waals surface area contributed by atoms with Crippen LogP contribution >= 0.6 is 0 Å². The quantitative estimate of drug-likeness (QED) is 0.0196. The van der Waals surface area contributed by atoms with Gasteiger partial charge in [-0.25, -0.2) is 0 Å². The zero-order valence-electron chi connectivity index (χ0n) is 41.2. The van der Waals surface area contributed by atoms with Gasteiger partial charge in [-0.15, -0.1) is 0 Å². The van der Waals surface area contributed by atoms with E-state index in [0.29, 0.717) is 25.9 Å². The minimum Gasteiger partial charge on any atom is -0.466 e. The van der Waals surface area contributed by atoms with Crippen LogP contribution in [0.5, 0.6) is 0 Å². The van der Waals surface area contributed by atoms with Crippen molar-refractivity contribution in [3.63, 3.8) is 0 Å². The zero-order valence-corrected chi connectivity index (χ0v) is 41.2. The number of carbonyl (C=O) groups excluding carboxylic acids is 2. The van der Waals surface area contributed by atoms with Crippen molar-refractivity contribution in [1.82, 2.24) is 5.32 Å². The van der Waals surface area contributed by atoms with Crippen LogP contribution in [0.1, 0.15) is 219 Å². The second-order valence-electron chi connectivity index (χ2n) is 18.2. The molecule has 0 bridgehead atoms. The molecule has 0 aromatic carbocycles. The van der Waals surface area contributed by atoms with E-state index < -0.39 is 49.5 Å². The van der Waals surface area contributed by atoms with E-state index in [1.165, 1.54) is 103 Å². The van der Waals surface area contributed by atoms with Crippen molar-refractivity contribution in [2.24, 2.45) is 0 Å². The lowest BCUT2D eigenvalue weighted by atomic mass is 9.99. The molecule has 6 N–H and O–H groups in total. The highest BCUT2D eigenvalue weighted by Crippen LogP contribution is 2.23. The molecule has 7 unspecified atom stereocenters. The molecule has 11 nitrogen and oxygen atoms in total. The first kappa shape index (κ1) is 60.6. The van der Waals surface area contributed by atoms with E-state index in [2.05, 4.69) is 42.6 Å². The van der Waals surface area contributed by atoms with E-state index in [9.17, 15) is 35.1 Å². The first-order chi connectivity index (χ1) is 31.7. The molecule has 0 aromatic heterocycles. The average Bonchev–Trinajstić information content (AvgIpc) is 3.30. The van der Waals surface area contributed by atoms with Gasteiger partial charge in [0, 0.05) is 12.8 Å². The summed E-state index contributed by atoms with van der Waals surface area (Å²) in [6.45, 7) is 4.03. The number of rotatable bonds is 44. The number of amides is 1. The summed E-state index contributed by atoms with van der Waals surface area (Å²) in [6.07, 6.45) is 43.6. The first-order valence-corrected chi connectivity index (χ1v) is 26.4. The summed E-state index contributed by atoms with van der Waals surface area (Å²) in [7, 11) is 0. The van der Waals surface area contributed by atoms with Crippen LogP contribution in [0.15, 0.2) is 48.6 Å². The number of unbranched alkanes of at least 4 members (excludes halogenated alkanes) is 25. The molecule has 1 saturated heterocycles. The Labute approximate surface area is 396 Å². The lowest BCUT2D eigenvalue weighted by Crippen LogP contribution is -2.60. The maximum atomic E-state index is 12.9. The van der Waals surface area contributed by atoms with Crippen LogP contribution in [0.2, 0.25) is 0 Å². The fraction of sp³-hybridized carbons (Fsp3) is 0.815. The number of aliphatic hydroxyl groups excluding tert-OH is 5. The number of esters is 1. The molecule has 1 heterocycles. The van der Waals surface area contributed by atoms with Gasteiger partial charge in [0.1, 0.15) is 24.4 Å². The highest BCUT2D eigenvalue weighted by molar-refractivity contribution is 5.76. The number of allylic oxidation sites excluding steroid dienone is 7. The van der Waals surface area contributed by atoms with Crippen molar-refractivity contribution < 1.29 is 49.3 Å². The molecule has 1 aliphatic rings. The monoisotopic (exact) mass is 920 g/mol. The Morgan fingerprint density at radius 1 is 0.585 bits per heavy atom. The van der Waals surface area contributed by atoms with Gasteiger partial charge in [0.25, 0.3) is 0 Å². The summed E-state index contributed by atoms with van der Waals surface area (Å²) in [5.74, 6) is -0.234. The molecule has 1 rings (SSSR count). The van der Waals surface area contributed by atoms with Crippen LogP contribution < -0.4 is 5.32 Å². The number of carbonyl (C=O) groups is 2. The summed E-state index contributed by atoms with van der Waals surface area (Å²) in [4.78, 5) is 24.9. The third kappa shape index (κ3) is 34.6. The van der Waals surface area contributed by atoms with E-state index in [0.717, 1.165) is 83.5 Å². The smallest absolute Gasteiger partial charge is 0.305 e. The van der Waals surface area contributed by atoms with E-state index in [-0.39, 0.29) is 18.5 Å². The van der Waals surface area contributed by atoms with Gasteiger partial charge in [-0.2, -0.15) is 0 Å². The maximum Gasteiger partial charge on any atom is 0.305 e. The zero-order chi connectivity index (χ0) is 47.4. The summed E-state index contributed by atoms with van der Waals surface area (Å²) in [5, 5.41) is 54.0. The topological polar surface area (TPSA) is 175 Å². The highest BCUT2D eigenvalue weighted by atomic mass is 16.7. The summed E-state index contributed by atoms with van der Waals surface area (Å²) >= 11 is 0. The van der Waals surface area contributed by atoms with E-state index >= 15 is 0 Å². The SMILES string of the molecule is C/C=C/CC/C=C/CC/C=C/C(O)C(COC1OC(CO)C(O)C(O)C1O)NC(=O)CCCCCCCCC/C=C\CCCCCCCCOC(=O)CCCCCCCCCCCCC. The molecule has 7 atom stereocenters. The van der Waals surface area contributed by atoms with E-state index in [1.54, 1.807) is 6.08 Å². The molecule has 1 fully saturated rings. The van der Waals surface area contributed by atoms with Gasteiger partial charge in [0.15, 0.2) is 6.29 Å². The minimum atomic E-state index is -1.58. The number of ether oxygens (including phenoxy) is 3. The summed E-state index contributed by atoms with van der Waals surface area (Å²) in [6, 6.07) is -0.842. The van der Waals surface area contributed by atoms with Crippen molar-refractivity contribution in [3.8, 4) is 0 Å². The molecule has 0 spiro atoms. The Balaban J connectivity index is 2.12. The van der Waals surface area contributed by atoms with Crippen LogP contribution in [0, 0.1) is 0 Å². The maximum absolute atomic E-state index is 12.9. The van der Waals surface area contributed by atoms with Crippen LogP contribution in [-0.4, -0.2) is 100 Å².